The summed E-state index contributed by atoms with van der Waals surface area (Å²) in [5.41, 5.74) is 10.4. The SMILES string of the molecule is Nc1ccc2c(c1)ncn2-c1cccc2cc(Br)cnc12. The van der Waals surface area contributed by atoms with Crippen molar-refractivity contribution in [2.24, 2.45) is 0 Å². The maximum absolute atomic E-state index is 5.81. The van der Waals surface area contributed by atoms with Gasteiger partial charge in [0.2, 0.25) is 0 Å². The van der Waals surface area contributed by atoms with Gasteiger partial charge in [0.15, 0.2) is 0 Å². The van der Waals surface area contributed by atoms with Crippen LogP contribution in [0.25, 0.3) is 27.6 Å². The summed E-state index contributed by atoms with van der Waals surface area (Å²) < 4.78 is 3.01. The maximum atomic E-state index is 5.81. The van der Waals surface area contributed by atoms with E-state index < -0.39 is 0 Å². The molecule has 4 rings (SSSR count). The van der Waals surface area contributed by atoms with Crippen LogP contribution in [0.15, 0.2) is 59.5 Å². The average molecular weight is 339 g/mol. The number of rotatable bonds is 1. The van der Waals surface area contributed by atoms with E-state index in [1.165, 1.54) is 0 Å². The van der Waals surface area contributed by atoms with Crippen molar-refractivity contribution in [1.29, 1.82) is 0 Å². The predicted molar refractivity (Wildman–Crippen MR) is 88.5 cm³/mol. The molecule has 0 amide bonds. The minimum absolute atomic E-state index is 0.715. The van der Waals surface area contributed by atoms with Gasteiger partial charge in [-0.2, -0.15) is 0 Å². The van der Waals surface area contributed by atoms with Gasteiger partial charge in [0.25, 0.3) is 0 Å². The summed E-state index contributed by atoms with van der Waals surface area (Å²) in [7, 11) is 0. The summed E-state index contributed by atoms with van der Waals surface area (Å²) >= 11 is 3.46. The third-order valence-electron chi connectivity index (χ3n) is 3.49. The number of benzene rings is 2. The van der Waals surface area contributed by atoms with Crippen LogP contribution in [-0.2, 0) is 0 Å². The van der Waals surface area contributed by atoms with Crippen LogP contribution in [0.1, 0.15) is 0 Å². The second kappa shape index (κ2) is 4.56. The lowest BCUT2D eigenvalue weighted by Gasteiger charge is -2.08. The summed E-state index contributed by atoms with van der Waals surface area (Å²) in [5, 5.41) is 1.08. The van der Waals surface area contributed by atoms with E-state index in [0.29, 0.717) is 5.69 Å². The van der Waals surface area contributed by atoms with E-state index in [0.717, 1.165) is 32.1 Å². The lowest BCUT2D eigenvalue weighted by Crippen LogP contribution is -1.95. The van der Waals surface area contributed by atoms with E-state index in [9.17, 15) is 0 Å². The molecule has 0 bridgehead atoms. The molecule has 0 saturated carbocycles. The molecule has 0 aliphatic carbocycles. The number of hydrogen-bond acceptors (Lipinski definition) is 3. The van der Waals surface area contributed by atoms with Crippen molar-refractivity contribution in [2.45, 2.75) is 0 Å². The van der Waals surface area contributed by atoms with Crippen molar-refractivity contribution in [3.8, 4) is 5.69 Å². The van der Waals surface area contributed by atoms with Crippen molar-refractivity contribution in [1.82, 2.24) is 14.5 Å². The zero-order valence-electron chi connectivity index (χ0n) is 11.0. The molecule has 0 fully saturated rings. The van der Waals surface area contributed by atoms with Gasteiger partial charge in [-0.3, -0.25) is 9.55 Å². The Hall–Kier alpha value is -2.40. The Morgan fingerprint density at radius 3 is 2.86 bits per heavy atom. The number of halogens is 1. The van der Waals surface area contributed by atoms with Crippen LogP contribution in [0.3, 0.4) is 0 Å². The van der Waals surface area contributed by atoms with Crippen LogP contribution in [0, 0.1) is 0 Å². The molecule has 2 aromatic carbocycles. The van der Waals surface area contributed by atoms with E-state index in [1.807, 2.05) is 53.5 Å². The molecule has 0 atom stereocenters. The molecule has 4 nitrogen and oxygen atoms in total. The zero-order valence-corrected chi connectivity index (χ0v) is 12.6. The third-order valence-corrected chi connectivity index (χ3v) is 3.92. The van der Waals surface area contributed by atoms with Gasteiger partial charge in [0.1, 0.15) is 6.33 Å². The second-order valence-corrected chi connectivity index (χ2v) is 5.78. The van der Waals surface area contributed by atoms with Crippen LogP contribution < -0.4 is 5.73 Å². The Morgan fingerprint density at radius 2 is 1.95 bits per heavy atom. The molecule has 0 unspecified atom stereocenters. The van der Waals surface area contributed by atoms with Crippen LogP contribution in [0.4, 0.5) is 5.69 Å². The first-order valence-corrected chi connectivity index (χ1v) is 7.29. The maximum Gasteiger partial charge on any atom is 0.100 e. The second-order valence-electron chi connectivity index (χ2n) is 4.87. The Bertz CT molecular complexity index is 975. The number of anilines is 1. The van der Waals surface area contributed by atoms with Gasteiger partial charge >= 0.3 is 0 Å². The third kappa shape index (κ3) is 1.97. The number of pyridine rings is 1. The number of imidazole rings is 1. The normalized spacial score (nSPS) is 11.3. The average Bonchev–Trinajstić information content (AvgIpc) is 2.89. The highest BCUT2D eigenvalue weighted by Crippen LogP contribution is 2.26. The van der Waals surface area contributed by atoms with Gasteiger partial charge in [-0.1, -0.05) is 12.1 Å². The molecule has 2 N–H and O–H groups in total. The predicted octanol–water partition coefficient (Wildman–Crippen LogP) is 3.92. The van der Waals surface area contributed by atoms with E-state index in [1.54, 1.807) is 0 Å². The largest absolute Gasteiger partial charge is 0.399 e. The van der Waals surface area contributed by atoms with Crippen LogP contribution in [0.5, 0.6) is 0 Å². The molecule has 0 saturated heterocycles. The highest BCUT2D eigenvalue weighted by Gasteiger charge is 2.09. The van der Waals surface area contributed by atoms with Gasteiger partial charge in [0, 0.05) is 21.7 Å². The van der Waals surface area contributed by atoms with Crippen molar-refractivity contribution in [3.05, 3.63) is 59.5 Å². The van der Waals surface area contributed by atoms with E-state index in [4.69, 9.17) is 5.73 Å². The molecule has 2 heterocycles. The minimum Gasteiger partial charge on any atom is -0.399 e. The summed E-state index contributed by atoms with van der Waals surface area (Å²) in [6.07, 6.45) is 3.62. The number of para-hydroxylation sites is 1. The van der Waals surface area contributed by atoms with Gasteiger partial charge in [-0.15, -0.1) is 0 Å². The number of nitrogens with two attached hydrogens (primary N) is 1. The lowest BCUT2D eigenvalue weighted by atomic mass is 10.2. The molecule has 0 radical (unpaired) electrons. The first-order valence-electron chi connectivity index (χ1n) is 6.49. The number of fused-ring (bicyclic) bond motifs is 2. The minimum atomic E-state index is 0.715. The van der Waals surface area contributed by atoms with E-state index in [2.05, 4.69) is 32.0 Å². The highest BCUT2D eigenvalue weighted by molar-refractivity contribution is 9.10. The molecule has 4 aromatic rings. The summed E-state index contributed by atoms with van der Waals surface area (Å²) in [6.45, 7) is 0. The fourth-order valence-corrected chi connectivity index (χ4v) is 2.88. The Balaban J connectivity index is 2.04. The van der Waals surface area contributed by atoms with Crippen molar-refractivity contribution in [3.63, 3.8) is 0 Å². The van der Waals surface area contributed by atoms with Gasteiger partial charge < -0.3 is 5.73 Å². The molecular formula is C16H11BrN4. The van der Waals surface area contributed by atoms with E-state index >= 15 is 0 Å². The monoisotopic (exact) mass is 338 g/mol. The van der Waals surface area contributed by atoms with Gasteiger partial charge in [0.05, 0.1) is 22.2 Å². The smallest absolute Gasteiger partial charge is 0.100 e. The van der Waals surface area contributed by atoms with Crippen LogP contribution >= 0.6 is 15.9 Å². The number of nitrogen functional groups attached to an aromatic ring is 1. The summed E-state index contributed by atoms with van der Waals surface area (Å²) in [5.74, 6) is 0. The molecule has 102 valence electrons. The van der Waals surface area contributed by atoms with Crippen LogP contribution in [-0.4, -0.2) is 14.5 Å². The summed E-state index contributed by atoms with van der Waals surface area (Å²) in [6, 6.07) is 13.9. The van der Waals surface area contributed by atoms with Crippen LogP contribution in [0.2, 0.25) is 0 Å². The summed E-state index contributed by atoms with van der Waals surface area (Å²) in [4.78, 5) is 8.97. The molecule has 21 heavy (non-hydrogen) atoms. The number of aromatic nitrogens is 3. The molecular weight excluding hydrogens is 328 g/mol. The molecule has 5 heteroatoms. The first kappa shape index (κ1) is 12.3. The zero-order chi connectivity index (χ0) is 14.4. The first-order chi connectivity index (χ1) is 10.2. The Kier molecular flexibility index (Phi) is 2.68. The molecule has 0 aliphatic heterocycles. The fourth-order valence-electron chi connectivity index (χ4n) is 2.53. The highest BCUT2D eigenvalue weighted by atomic mass is 79.9. The van der Waals surface area contributed by atoms with Crippen molar-refractivity contribution < 1.29 is 0 Å². The Morgan fingerprint density at radius 1 is 1.05 bits per heavy atom. The van der Waals surface area contributed by atoms with E-state index in [-0.39, 0.29) is 0 Å². The molecule has 0 aliphatic rings. The molecule has 2 aromatic heterocycles. The lowest BCUT2D eigenvalue weighted by molar-refractivity contribution is 1.10. The standard InChI is InChI=1S/C16H11BrN4/c17-11-6-10-2-1-3-15(16(10)19-8-11)21-9-20-13-7-12(18)4-5-14(13)21/h1-9H,18H2. The van der Waals surface area contributed by atoms with Gasteiger partial charge in [-0.25, -0.2) is 4.98 Å². The van der Waals surface area contributed by atoms with Crippen molar-refractivity contribution >= 4 is 43.6 Å². The van der Waals surface area contributed by atoms with Crippen molar-refractivity contribution in [2.75, 3.05) is 5.73 Å². The fraction of sp³-hybridized carbons (Fsp3) is 0. The Labute approximate surface area is 129 Å². The number of nitrogens with zero attached hydrogens (tertiary/aromatic N) is 3. The van der Waals surface area contributed by atoms with Gasteiger partial charge in [-0.05, 0) is 46.3 Å². The topological polar surface area (TPSA) is 56.7 Å². The molecule has 0 spiro atoms. The quantitative estimate of drug-likeness (QED) is 0.535. The number of hydrogen-bond donors (Lipinski definition) is 1.